The van der Waals surface area contributed by atoms with Crippen LogP contribution in [0, 0.1) is 13.8 Å². The van der Waals surface area contributed by atoms with E-state index < -0.39 is 11.9 Å². The normalized spacial score (nSPS) is 10.3. The van der Waals surface area contributed by atoms with Crippen molar-refractivity contribution in [1.29, 1.82) is 0 Å². The molecule has 0 saturated carbocycles. The van der Waals surface area contributed by atoms with Gasteiger partial charge in [-0.2, -0.15) is 0 Å². The minimum absolute atomic E-state index is 0.172. The van der Waals surface area contributed by atoms with Crippen LogP contribution < -0.4 is 10.6 Å². The molecule has 0 aliphatic rings. The number of ether oxygens (including phenoxy) is 1. The summed E-state index contributed by atoms with van der Waals surface area (Å²) >= 11 is 0. The predicted octanol–water partition coefficient (Wildman–Crippen LogP) is 4.27. The number of hydrogen-bond acceptors (Lipinski definition) is 6. The number of carbonyl (C=O) groups is 2. The number of hydrogen-bond donors (Lipinski definition) is 2. The summed E-state index contributed by atoms with van der Waals surface area (Å²) in [6, 6.07) is 14.2. The van der Waals surface area contributed by atoms with E-state index in [0.717, 1.165) is 16.8 Å². The summed E-state index contributed by atoms with van der Waals surface area (Å²) in [5.41, 5.74) is 3.87. The van der Waals surface area contributed by atoms with Crippen molar-refractivity contribution >= 4 is 29.2 Å². The van der Waals surface area contributed by atoms with Crippen LogP contribution in [0.2, 0.25) is 0 Å². The minimum Gasteiger partial charge on any atom is -0.462 e. The molecule has 0 spiro atoms. The van der Waals surface area contributed by atoms with E-state index in [2.05, 4.69) is 26.7 Å². The standard InChI is InChI=1S/C22H22N4O3/c1-4-29-21(28)17-7-5-6-8-18(17)25-20(27)19-9-10-23-22(26-19)24-16-12-14(2)11-15(3)13-16/h5-13H,4H2,1-3H3,(H,25,27)(H,23,24,26). The van der Waals surface area contributed by atoms with Gasteiger partial charge in [0, 0.05) is 11.9 Å². The molecule has 1 amide bonds. The van der Waals surface area contributed by atoms with Crippen molar-refractivity contribution in [1.82, 2.24) is 9.97 Å². The van der Waals surface area contributed by atoms with Crippen molar-refractivity contribution in [3.05, 3.63) is 77.1 Å². The number of aromatic nitrogens is 2. The van der Waals surface area contributed by atoms with Crippen LogP contribution in [0.1, 0.15) is 38.9 Å². The fraction of sp³-hybridized carbons (Fsp3) is 0.182. The summed E-state index contributed by atoms with van der Waals surface area (Å²) < 4.78 is 5.03. The third kappa shape index (κ3) is 5.16. The fourth-order valence-electron chi connectivity index (χ4n) is 2.89. The first kappa shape index (κ1) is 20.0. The van der Waals surface area contributed by atoms with E-state index in [1.54, 1.807) is 31.2 Å². The molecule has 0 radical (unpaired) electrons. The van der Waals surface area contributed by atoms with E-state index in [1.807, 2.05) is 26.0 Å². The third-order valence-electron chi connectivity index (χ3n) is 4.04. The number of rotatable bonds is 6. The topological polar surface area (TPSA) is 93.2 Å². The van der Waals surface area contributed by atoms with E-state index in [0.29, 0.717) is 11.6 Å². The monoisotopic (exact) mass is 390 g/mol. The van der Waals surface area contributed by atoms with Gasteiger partial charge in [-0.25, -0.2) is 14.8 Å². The van der Waals surface area contributed by atoms with Crippen LogP contribution in [-0.4, -0.2) is 28.5 Å². The lowest BCUT2D eigenvalue weighted by Gasteiger charge is -2.11. The summed E-state index contributed by atoms with van der Waals surface area (Å²) in [5, 5.41) is 5.83. The molecule has 3 rings (SSSR count). The summed E-state index contributed by atoms with van der Waals surface area (Å²) in [7, 11) is 0. The highest BCUT2D eigenvalue weighted by Crippen LogP contribution is 2.19. The van der Waals surface area contributed by atoms with E-state index in [4.69, 9.17) is 4.74 Å². The third-order valence-corrected chi connectivity index (χ3v) is 4.04. The van der Waals surface area contributed by atoms with E-state index in [1.165, 1.54) is 12.3 Å². The Kier molecular flexibility index (Phi) is 6.19. The van der Waals surface area contributed by atoms with Crippen LogP contribution in [0.25, 0.3) is 0 Å². The van der Waals surface area contributed by atoms with Gasteiger partial charge in [0.15, 0.2) is 0 Å². The Labute approximate surface area is 169 Å². The number of anilines is 3. The molecule has 1 heterocycles. The first-order valence-corrected chi connectivity index (χ1v) is 9.22. The Balaban J connectivity index is 1.79. The molecule has 29 heavy (non-hydrogen) atoms. The van der Waals surface area contributed by atoms with Gasteiger partial charge in [-0.1, -0.05) is 18.2 Å². The van der Waals surface area contributed by atoms with Crippen LogP contribution in [0.4, 0.5) is 17.3 Å². The Morgan fingerprint density at radius 1 is 1.03 bits per heavy atom. The Hall–Kier alpha value is -3.74. The molecule has 1 aromatic heterocycles. The maximum Gasteiger partial charge on any atom is 0.340 e. The number of amides is 1. The molecule has 2 aromatic carbocycles. The molecular weight excluding hydrogens is 368 g/mol. The van der Waals surface area contributed by atoms with Gasteiger partial charge in [0.1, 0.15) is 5.69 Å². The fourth-order valence-corrected chi connectivity index (χ4v) is 2.89. The molecule has 7 nitrogen and oxygen atoms in total. The van der Waals surface area contributed by atoms with Crippen molar-refractivity contribution in [3.8, 4) is 0 Å². The highest BCUT2D eigenvalue weighted by molar-refractivity contribution is 6.07. The molecular formula is C22H22N4O3. The number of esters is 1. The van der Waals surface area contributed by atoms with Gasteiger partial charge in [-0.15, -0.1) is 0 Å². The van der Waals surface area contributed by atoms with E-state index in [9.17, 15) is 9.59 Å². The molecule has 7 heteroatoms. The number of carbonyl (C=O) groups excluding carboxylic acids is 2. The average Bonchev–Trinajstić information content (AvgIpc) is 2.68. The Bertz CT molecular complexity index is 1030. The molecule has 148 valence electrons. The van der Waals surface area contributed by atoms with Crippen LogP contribution in [0.15, 0.2) is 54.7 Å². The summed E-state index contributed by atoms with van der Waals surface area (Å²) in [6.07, 6.45) is 1.50. The summed E-state index contributed by atoms with van der Waals surface area (Å²) in [5.74, 6) is -0.641. The molecule has 0 aliphatic carbocycles. The maximum atomic E-state index is 12.7. The van der Waals surface area contributed by atoms with Gasteiger partial charge in [0.2, 0.25) is 5.95 Å². The summed E-state index contributed by atoms with van der Waals surface area (Å²) in [6.45, 7) is 5.98. The number of aryl methyl sites for hydroxylation is 2. The molecule has 0 aliphatic heterocycles. The molecule has 2 N–H and O–H groups in total. The minimum atomic E-state index is -0.497. The zero-order valence-electron chi connectivity index (χ0n) is 16.5. The van der Waals surface area contributed by atoms with Crippen LogP contribution in [0.5, 0.6) is 0 Å². The highest BCUT2D eigenvalue weighted by atomic mass is 16.5. The maximum absolute atomic E-state index is 12.7. The van der Waals surface area contributed by atoms with Crippen molar-refractivity contribution in [2.24, 2.45) is 0 Å². The van der Waals surface area contributed by atoms with Crippen molar-refractivity contribution in [3.63, 3.8) is 0 Å². The largest absolute Gasteiger partial charge is 0.462 e. The highest BCUT2D eigenvalue weighted by Gasteiger charge is 2.16. The van der Waals surface area contributed by atoms with E-state index >= 15 is 0 Å². The zero-order valence-corrected chi connectivity index (χ0v) is 16.5. The number of benzene rings is 2. The Morgan fingerprint density at radius 2 is 1.76 bits per heavy atom. The van der Waals surface area contributed by atoms with Crippen LogP contribution >= 0.6 is 0 Å². The summed E-state index contributed by atoms with van der Waals surface area (Å²) in [4.78, 5) is 33.2. The van der Waals surface area contributed by atoms with Gasteiger partial charge in [0.05, 0.1) is 17.9 Å². The lowest BCUT2D eigenvalue weighted by molar-refractivity contribution is 0.0527. The number of para-hydroxylation sites is 1. The van der Waals surface area contributed by atoms with Crippen LogP contribution in [-0.2, 0) is 4.74 Å². The molecule has 0 saturated heterocycles. The van der Waals surface area contributed by atoms with Gasteiger partial charge >= 0.3 is 5.97 Å². The molecule has 3 aromatic rings. The zero-order chi connectivity index (χ0) is 20.8. The lowest BCUT2D eigenvalue weighted by atomic mass is 10.1. The molecule has 0 bridgehead atoms. The quantitative estimate of drug-likeness (QED) is 0.611. The second kappa shape index (κ2) is 8.97. The molecule has 0 fully saturated rings. The second-order valence-corrected chi connectivity index (χ2v) is 6.49. The van der Waals surface area contributed by atoms with Gasteiger partial charge in [-0.05, 0) is 62.2 Å². The second-order valence-electron chi connectivity index (χ2n) is 6.49. The first-order chi connectivity index (χ1) is 14.0. The van der Waals surface area contributed by atoms with Crippen molar-refractivity contribution in [2.75, 3.05) is 17.2 Å². The Morgan fingerprint density at radius 3 is 2.48 bits per heavy atom. The number of nitrogens with zero attached hydrogens (tertiary/aromatic N) is 2. The first-order valence-electron chi connectivity index (χ1n) is 9.22. The molecule has 0 atom stereocenters. The SMILES string of the molecule is CCOC(=O)c1ccccc1NC(=O)c1ccnc(Nc2cc(C)cc(C)c2)n1. The number of nitrogens with one attached hydrogen (secondary N) is 2. The lowest BCUT2D eigenvalue weighted by Crippen LogP contribution is -2.17. The smallest absolute Gasteiger partial charge is 0.340 e. The molecule has 0 unspecified atom stereocenters. The van der Waals surface area contributed by atoms with E-state index in [-0.39, 0.29) is 17.9 Å². The van der Waals surface area contributed by atoms with Crippen LogP contribution in [0.3, 0.4) is 0 Å². The van der Waals surface area contributed by atoms with Gasteiger partial charge in [0.25, 0.3) is 5.91 Å². The van der Waals surface area contributed by atoms with Gasteiger partial charge in [-0.3, -0.25) is 4.79 Å². The predicted molar refractivity (Wildman–Crippen MR) is 112 cm³/mol. The van der Waals surface area contributed by atoms with Crippen molar-refractivity contribution in [2.45, 2.75) is 20.8 Å². The van der Waals surface area contributed by atoms with Crippen molar-refractivity contribution < 1.29 is 14.3 Å². The van der Waals surface area contributed by atoms with Gasteiger partial charge < -0.3 is 15.4 Å². The average molecular weight is 390 g/mol.